The number of hydrogen-bond acceptors (Lipinski definition) is 5. The molecule has 0 radical (unpaired) electrons. The number of pyridine rings is 2. The summed E-state index contributed by atoms with van der Waals surface area (Å²) in [6.45, 7) is 4.12. The van der Waals surface area contributed by atoms with Crippen LogP contribution in [0.1, 0.15) is 27.4 Å². The first-order valence-electron chi connectivity index (χ1n) is 7.20. The molecule has 3 aromatic rings. The molecule has 116 valence electrons. The summed E-state index contributed by atoms with van der Waals surface area (Å²) in [4.78, 5) is 20.5. The molecule has 0 spiro atoms. The second kappa shape index (κ2) is 6.39. The van der Waals surface area contributed by atoms with Gasteiger partial charge in [0.05, 0.1) is 11.3 Å². The van der Waals surface area contributed by atoms with Crippen molar-refractivity contribution in [1.29, 1.82) is 0 Å². The van der Waals surface area contributed by atoms with Gasteiger partial charge in [-0.1, -0.05) is 11.2 Å². The van der Waals surface area contributed by atoms with E-state index in [0.29, 0.717) is 17.9 Å². The third-order valence-corrected chi connectivity index (χ3v) is 3.50. The molecule has 0 saturated heterocycles. The molecule has 0 aliphatic rings. The summed E-state index contributed by atoms with van der Waals surface area (Å²) < 4.78 is 5.17. The topological polar surface area (TPSA) is 80.9 Å². The van der Waals surface area contributed by atoms with E-state index >= 15 is 0 Å². The van der Waals surface area contributed by atoms with Crippen LogP contribution in [0, 0.1) is 13.8 Å². The molecule has 0 aliphatic carbocycles. The summed E-state index contributed by atoms with van der Waals surface area (Å²) in [7, 11) is 0. The SMILES string of the molecule is Cc1noc(C)c1-c1cncc(C(=O)NCc2cccnc2)c1. The van der Waals surface area contributed by atoms with Gasteiger partial charge in [-0.3, -0.25) is 14.8 Å². The molecule has 3 aromatic heterocycles. The van der Waals surface area contributed by atoms with Gasteiger partial charge in [-0.25, -0.2) is 0 Å². The van der Waals surface area contributed by atoms with Crippen LogP contribution in [0.5, 0.6) is 0 Å². The van der Waals surface area contributed by atoms with Gasteiger partial charge in [0.1, 0.15) is 5.76 Å². The lowest BCUT2D eigenvalue weighted by molar-refractivity contribution is 0.0950. The van der Waals surface area contributed by atoms with Crippen LogP contribution in [-0.4, -0.2) is 21.0 Å². The Morgan fingerprint density at radius 2 is 2.09 bits per heavy atom. The first-order chi connectivity index (χ1) is 11.1. The number of carbonyl (C=O) groups excluding carboxylic acids is 1. The van der Waals surface area contributed by atoms with Crippen molar-refractivity contribution >= 4 is 5.91 Å². The first-order valence-corrected chi connectivity index (χ1v) is 7.20. The summed E-state index contributed by atoms with van der Waals surface area (Å²) in [6, 6.07) is 5.53. The van der Waals surface area contributed by atoms with Crippen molar-refractivity contribution < 1.29 is 9.32 Å². The molecule has 23 heavy (non-hydrogen) atoms. The molecule has 0 saturated carbocycles. The smallest absolute Gasteiger partial charge is 0.253 e. The standard InChI is InChI=1S/C17H16N4O2/c1-11-16(12(2)23-21-11)14-6-15(10-19-9-14)17(22)20-8-13-4-3-5-18-7-13/h3-7,9-10H,8H2,1-2H3,(H,20,22). The lowest BCUT2D eigenvalue weighted by Crippen LogP contribution is -2.23. The number of aromatic nitrogens is 3. The quantitative estimate of drug-likeness (QED) is 0.801. The molecule has 0 atom stereocenters. The van der Waals surface area contributed by atoms with E-state index in [1.807, 2.05) is 26.0 Å². The maximum atomic E-state index is 12.3. The van der Waals surface area contributed by atoms with E-state index in [4.69, 9.17) is 4.52 Å². The maximum absolute atomic E-state index is 12.3. The van der Waals surface area contributed by atoms with Crippen molar-refractivity contribution in [2.75, 3.05) is 0 Å². The van der Waals surface area contributed by atoms with E-state index in [0.717, 1.165) is 22.4 Å². The van der Waals surface area contributed by atoms with Crippen molar-refractivity contribution in [3.8, 4) is 11.1 Å². The largest absolute Gasteiger partial charge is 0.361 e. The van der Waals surface area contributed by atoms with Crippen molar-refractivity contribution in [2.24, 2.45) is 0 Å². The number of nitrogens with one attached hydrogen (secondary N) is 1. The lowest BCUT2D eigenvalue weighted by atomic mass is 10.0. The Bertz CT molecular complexity index is 808. The molecule has 6 heteroatoms. The average Bonchev–Trinajstić information content (AvgIpc) is 2.92. The Labute approximate surface area is 133 Å². The van der Waals surface area contributed by atoms with Crippen LogP contribution >= 0.6 is 0 Å². The third-order valence-electron chi connectivity index (χ3n) is 3.50. The molecular weight excluding hydrogens is 292 g/mol. The summed E-state index contributed by atoms with van der Waals surface area (Å²) in [5.74, 6) is 0.521. The maximum Gasteiger partial charge on any atom is 0.253 e. The number of aryl methyl sites for hydroxylation is 2. The molecule has 3 heterocycles. The molecule has 6 nitrogen and oxygen atoms in total. The second-order valence-electron chi connectivity index (χ2n) is 5.21. The van der Waals surface area contributed by atoms with Crippen molar-refractivity contribution in [2.45, 2.75) is 20.4 Å². The third kappa shape index (κ3) is 3.26. The fourth-order valence-corrected chi connectivity index (χ4v) is 2.38. The number of amides is 1. The van der Waals surface area contributed by atoms with Crippen molar-refractivity contribution in [3.63, 3.8) is 0 Å². The molecule has 1 N–H and O–H groups in total. The molecule has 0 unspecified atom stereocenters. The van der Waals surface area contributed by atoms with E-state index < -0.39 is 0 Å². The predicted molar refractivity (Wildman–Crippen MR) is 84.6 cm³/mol. The van der Waals surface area contributed by atoms with Gasteiger partial charge >= 0.3 is 0 Å². The van der Waals surface area contributed by atoms with Gasteiger partial charge < -0.3 is 9.84 Å². The van der Waals surface area contributed by atoms with Crippen LogP contribution in [0.3, 0.4) is 0 Å². The summed E-state index contributed by atoms with van der Waals surface area (Å²) >= 11 is 0. The van der Waals surface area contributed by atoms with Crippen LogP contribution in [0.2, 0.25) is 0 Å². The van der Waals surface area contributed by atoms with Crippen LogP contribution in [0.25, 0.3) is 11.1 Å². The number of hydrogen-bond donors (Lipinski definition) is 1. The molecule has 0 bridgehead atoms. The summed E-state index contributed by atoms with van der Waals surface area (Å²) in [5, 5.41) is 6.79. The molecule has 0 aliphatic heterocycles. The van der Waals surface area contributed by atoms with Gasteiger partial charge in [0.15, 0.2) is 0 Å². The van der Waals surface area contributed by atoms with Crippen LogP contribution in [0.15, 0.2) is 47.5 Å². The highest BCUT2D eigenvalue weighted by Crippen LogP contribution is 2.26. The average molecular weight is 308 g/mol. The lowest BCUT2D eigenvalue weighted by Gasteiger charge is -2.06. The predicted octanol–water partition coefficient (Wildman–Crippen LogP) is 2.68. The Morgan fingerprint density at radius 3 is 2.78 bits per heavy atom. The number of carbonyl (C=O) groups is 1. The van der Waals surface area contributed by atoms with Gasteiger partial charge in [0.25, 0.3) is 5.91 Å². The minimum Gasteiger partial charge on any atom is -0.361 e. The van der Waals surface area contributed by atoms with Crippen LogP contribution in [0.4, 0.5) is 0 Å². The first kappa shape index (κ1) is 14.9. The highest BCUT2D eigenvalue weighted by atomic mass is 16.5. The minimum absolute atomic E-state index is 0.185. The second-order valence-corrected chi connectivity index (χ2v) is 5.21. The van der Waals surface area contributed by atoms with Crippen molar-refractivity contribution in [1.82, 2.24) is 20.4 Å². The van der Waals surface area contributed by atoms with E-state index in [-0.39, 0.29) is 5.91 Å². The minimum atomic E-state index is -0.185. The normalized spacial score (nSPS) is 10.5. The van der Waals surface area contributed by atoms with Gasteiger partial charge in [-0.05, 0) is 31.5 Å². The Hall–Kier alpha value is -3.02. The Morgan fingerprint density at radius 1 is 1.22 bits per heavy atom. The highest BCUT2D eigenvalue weighted by Gasteiger charge is 2.14. The fourth-order valence-electron chi connectivity index (χ4n) is 2.38. The highest BCUT2D eigenvalue weighted by molar-refractivity contribution is 5.95. The monoisotopic (exact) mass is 308 g/mol. The zero-order valence-electron chi connectivity index (χ0n) is 12.9. The van der Waals surface area contributed by atoms with Crippen LogP contribution < -0.4 is 5.32 Å². The molecular formula is C17H16N4O2. The van der Waals surface area contributed by atoms with Gasteiger partial charge in [0.2, 0.25) is 0 Å². The van der Waals surface area contributed by atoms with Gasteiger partial charge in [-0.15, -0.1) is 0 Å². The Kier molecular flexibility index (Phi) is 4.14. The van der Waals surface area contributed by atoms with E-state index in [9.17, 15) is 4.79 Å². The van der Waals surface area contributed by atoms with Gasteiger partial charge in [0, 0.05) is 42.5 Å². The number of nitrogens with zero attached hydrogens (tertiary/aromatic N) is 3. The summed E-state index contributed by atoms with van der Waals surface area (Å²) in [5.41, 5.74) is 3.90. The zero-order valence-corrected chi connectivity index (χ0v) is 12.9. The van der Waals surface area contributed by atoms with Crippen molar-refractivity contribution in [3.05, 3.63) is 65.6 Å². The van der Waals surface area contributed by atoms with E-state index in [2.05, 4.69) is 20.4 Å². The molecule has 3 rings (SSSR count). The van der Waals surface area contributed by atoms with E-state index in [1.54, 1.807) is 30.9 Å². The summed E-state index contributed by atoms with van der Waals surface area (Å²) in [6.07, 6.45) is 6.66. The molecule has 1 amide bonds. The Balaban J connectivity index is 1.78. The van der Waals surface area contributed by atoms with E-state index in [1.165, 1.54) is 0 Å². The molecule has 0 fully saturated rings. The fraction of sp³-hybridized carbons (Fsp3) is 0.176. The van der Waals surface area contributed by atoms with Crippen LogP contribution in [-0.2, 0) is 6.54 Å². The number of rotatable bonds is 4. The van der Waals surface area contributed by atoms with Gasteiger partial charge in [-0.2, -0.15) is 0 Å². The zero-order chi connectivity index (χ0) is 16.2. The molecule has 0 aromatic carbocycles.